The number of rotatable bonds is 2. The first-order valence-electron chi connectivity index (χ1n) is 8.08. The summed E-state index contributed by atoms with van der Waals surface area (Å²) in [6.07, 6.45) is 2.59. The first-order chi connectivity index (χ1) is 10.9. The smallest absolute Gasteiger partial charge is 0.250 e. The highest BCUT2D eigenvalue weighted by atomic mass is 19.1. The van der Waals surface area contributed by atoms with Gasteiger partial charge in [-0.3, -0.25) is 4.79 Å². The van der Waals surface area contributed by atoms with Crippen LogP contribution in [0.2, 0.25) is 0 Å². The summed E-state index contributed by atoms with van der Waals surface area (Å²) in [6, 6.07) is 2.74. The summed E-state index contributed by atoms with van der Waals surface area (Å²) in [5.74, 6) is -0.448. The number of hydrogen-bond donors (Lipinski definition) is 0. The molecule has 1 saturated heterocycles. The van der Waals surface area contributed by atoms with Gasteiger partial charge in [-0.15, -0.1) is 0 Å². The zero-order valence-corrected chi connectivity index (χ0v) is 13.8. The van der Waals surface area contributed by atoms with Gasteiger partial charge < -0.3 is 14.4 Å². The molecule has 1 aliphatic carbocycles. The van der Waals surface area contributed by atoms with E-state index in [4.69, 9.17) is 9.47 Å². The third kappa shape index (κ3) is 3.17. The molecule has 1 saturated carbocycles. The summed E-state index contributed by atoms with van der Waals surface area (Å²) in [5, 5.41) is 0. The number of amides is 1. The molecule has 2 bridgehead atoms. The highest BCUT2D eigenvalue weighted by Gasteiger charge is 2.47. The summed E-state index contributed by atoms with van der Waals surface area (Å²) in [7, 11) is 0. The van der Waals surface area contributed by atoms with Gasteiger partial charge in [0, 0.05) is 18.2 Å². The molecular formula is C17H23FN2O3. The van der Waals surface area contributed by atoms with Crippen molar-refractivity contribution in [1.29, 1.82) is 0 Å². The number of aromatic nitrogens is 1. The van der Waals surface area contributed by atoms with E-state index in [2.05, 4.69) is 4.98 Å². The molecule has 126 valence electrons. The average molecular weight is 322 g/mol. The summed E-state index contributed by atoms with van der Waals surface area (Å²) < 4.78 is 25.5. The Morgan fingerprint density at radius 2 is 2.22 bits per heavy atom. The maximum Gasteiger partial charge on any atom is 0.250 e. The quantitative estimate of drug-likeness (QED) is 0.839. The van der Waals surface area contributed by atoms with Gasteiger partial charge in [-0.05, 0) is 25.0 Å². The van der Waals surface area contributed by atoms with Gasteiger partial charge in [0.25, 0.3) is 5.88 Å². The van der Waals surface area contributed by atoms with Gasteiger partial charge in [0.2, 0.25) is 5.91 Å². The lowest BCUT2D eigenvalue weighted by Crippen LogP contribution is -2.51. The fourth-order valence-electron chi connectivity index (χ4n) is 3.32. The molecule has 2 heterocycles. The Morgan fingerprint density at radius 3 is 2.91 bits per heavy atom. The molecule has 2 fully saturated rings. The van der Waals surface area contributed by atoms with E-state index in [0.717, 1.165) is 12.8 Å². The van der Waals surface area contributed by atoms with Crippen LogP contribution in [0, 0.1) is 11.2 Å². The van der Waals surface area contributed by atoms with E-state index < -0.39 is 11.2 Å². The number of pyridine rings is 1. The molecular weight excluding hydrogens is 299 g/mol. The van der Waals surface area contributed by atoms with E-state index in [0.29, 0.717) is 13.2 Å². The number of carbonyl (C=O) groups excluding carboxylic acids is 1. The molecule has 0 spiro atoms. The van der Waals surface area contributed by atoms with Crippen LogP contribution in [0.3, 0.4) is 0 Å². The summed E-state index contributed by atoms with van der Waals surface area (Å²) in [4.78, 5) is 18.6. The van der Waals surface area contributed by atoms with Crippen molar-refractivity contribution in [3.63, 3.8) is 0 Å². The van der Waals surface area contributed by atoms with Gasteiger partial charge in [0.05, 0.1) is 18.8 Å². The average Bonchev–Trinajstić information content (AvgIpc) is 2.76. The number of carbonyl (C=O) groups is 1. The summed E-state index contributed by atoms with van der Waals surface area (Å²) in [5.41, 5.74) is -0.469. The third-order valence-electron chi connectivity index (χ3n) is 4.43. The molecule has 0 N–H and O–H groups in total. The minimum atomic E-state index is -0.496. The van der Waals surface area contributed by atoms with E-state index in [-0.39, 0.29) is 30.0 Å². The minimum Gasteiger partial charge on any atom is -0.467 e. The van der Waals surface area contributed by atoms with Gasteiger partial charge >= 0.3 is 0 Å². The van der Waals surface area contributed by atoms with Crippen molar-refractivity contribution in [2.45, 2.75) is 51.9 Å². The van der Waals surface area contributed by atoms with Crippen molar-refractivity contribution in [3.8, 4) is 5.88 Å². The fourth-order valence-corrected chi connectivity index (χ4v) is 3.32. The van der Waals surface area contributed by atoms with Crippen molar-refractivity contribution in [3.05, 3.63) is 24.1 Å². The minimum absolute atomic E-state index is 0.0249. The van der Waals surface area contributed by atoms with Crippen LogP contribution in [0.4, 0.5) is 4.39 Å². The van der Waals surface area contributed by atoms with Gasteiger partial charge in [0.1, 0.15) is 6.10 Å². The molecule has 6 heteroatoms. The molecule has 0 radical (unpaired) electrons. The lowest BCUT2D eigenvalue weighted by Gasteiger charge is -2.35. The molecule has 0 aromatic carbocycles. The van der Waals surface area contributed by atoms with Gasteiger partial charge in [0.15, 0.2) is 5.82 Å². The number of hydrogen-bond acceptors (Lipinski definition) is 4. The van der Waals surface area contributed by atoms with Gasteiger partial charge in [-0.1, -0.05) is 20.8 Å². The molecule has 23 heavy (non-hydrogen) atoms. The van der Waals surface area contributed by atoms with Gasteiger partial charge in [-0.25, -0.2) is 9.37 Å². The van der Waals surface area contributed by atoms with Crippen LogP contribution >= 0.6 is 0 Å². The standard InChI is InChI=1S/C17H23FN2O3/c1-17(2,3)16(21)20-9-10-22-13-7-6-12(20)14(13)23-15-11(18)5-4-8-19-15/h4-5,8,12-14H,6-7,9-10H2,1-3H3. The number of fused-ring (bicyclic) bond motifs is 2. The Morgan fingerprint density at radius 1 is 1.43 bits per heavy atom. The van der Waals surface area contributed by atoms with Crippen LogP contribution < -0.4 is 4.74 Å². The molecule has 3 unspecified atom stereocenters. The molecule has 3 atom stereocenters. The SMILES string of the molecule is CC(C)(C)C(=O)N1CCOC2CCC1C2Oc1ncccc1F. The van der Waals surface area contributed by atoms with E-state index in [1.807, 2.05) is 25.7 Å². The monoisotopic (exact) mass is 322 g/mol. The second-order valence-electron chi connectivity index (χ2n) is 7.18. The predicted molar refractivity (Wildman–Crippen MR) is 82.5 cm³/mol. The van der Waals surface area contributed by atoms with E-state index >= 15 is 0 Å². The maximum atomic E-state index is 13.9. The Kier molecular flexibility index (Phi) is 4.27. The molecule has 5 nitrogen and oxygen atoms in total. The second kappa shape index (κ2) is 6.07. The van der Waals surface area contributed by atoms with Crippen molar-refractivity contribution < 1.29 is 18.7 Å². The zero-order valence-electron chi connectivity index (χ0n) is 13.8. The second-order valence-corrected chi connectivity index (χ2v) is 7.18. The maximum absolute atomic E-state index is 13.9. The molecule has 1 aromatic rings. The van der Waals surface area contributed by atoms with Crippen LogP contribution in [0.15, 0.2) is 18.3 Å². The highest BCUT2D eigenvalue weighted by Crippen LogP contribution is 2.35. The largest absolute Gasteiger partial charge is 0.467 e. The number of nitrogens with zero attached hydrogens (tertiary/aromatic N) is 2. The van der Waals surface area contributed by atoms with Crippen LogP contribution in [0.25, 0.3) is 0 Å². The van der Waals surface area contributed by atoms with Gasteiger partial charge in [-0.2, -0.15) is 0 Å². The molecule has 1 aliphatic heterocycles. The van der Waals surface area contributed by atoms with E-state index in [1.165, 1.54) is 18.3 Å². The highest BCUT2D eigenvalue weighted by molar-refractivity contribution is 5.82. The molecule has 3 rings (SSSR count). The molecule has 1 amide bonds. The Balaban J connectivity index is 1.85. The Hall–Kier alpha value is -1.69. The Bertz CT molecular complexity index is 587. The van der Waals surface area contributed by atoms with Crippen LogP contribution in [0.1, 0.15) is 33.6 Å². The third-order valence-corrected chi connectivity index (χ3v) is 4.43. The normalized spacial score (nSPS) is 27.7. The summed E-state index contributed by atoms with van der Waals surface area (Å²) >= 11 is 0. The van der Waals surface area contributed by atoms with Crippen LogP contribution in [-0.2, 0) is 9.53 Å². The van der Waals surface area contributed by atoms with E-state index in [1.54, 1.807) is 0 Å². The first kappa shape index (κ1) is 16.2. The lowest BCUT2D eigenvalue weighted by molar-refractivity contribution is -0.143. The first-order valence-corrected chi connectivity index (χ1v) is 8.08. The van der Waals surface area contributed by atoms with Crippen LogP contribution in [-0.4, -0.2) is 47.2 Å². The zero-order chi connectivity index (χ0) is 16.6. The Labute approximate surface area is 135 Å². The number of ether oxygens (including phenoxy) is 2. The molecule has 1 aromatic heterocycles. The predicted octanol–water partition coefficient (Wildman–Crippen LogP) is 2.40. The topological polar surface area (TPSA) is 51.7 Å². The van der Waals surface area contributed by atoms with Crippen molar-refractivity contribution >= 4 is 5.91 Å². The van der Waals surface area contributed by atoms with E-state index in [9.17, 15) is 9.18 Å². The molecule has 2 aliphatic rings. The lowest BCUT2D eigenvalue weighted by atomic mass is 9.93. The van der Waals surface area contributed by atoms with Crippen molar-refractivity contribution in [1.82, 2.24) is 9.88 Å². The fraction of sp³-hybridized carbons (Fsp3) is 0.647. The van der Waals surface area contributed by atoms with Crippen molar-refractivity contribution in [2.75, 3.05) is 13.2 Å². The number of halogens is 1. The van der Waals surface area contributed by atoms with Crippen LogP contribution in [0.5, 0.6) is 5.88 Å². The van der Waals surface area contributed by atoms with Crippen molar-refractivity contribution in [2.24, 2.45) is 5.41 Å². The summed E-state index contributed by atoms with van der Waals surface area (Å²) in [6.45, 7) is 6.74.